The summed E-state index contributed by atoms with van der Waals surface area (Å²) in [6.45, 7) is 8.75. The van der Waals surface area contributed by atoms with Gasteiger partial charge in [0.15, 0.2) is 4.83 Å². The Morgan fingerprint density at radius 1 is 1.19 bits per heavy atom. The first-order valence-electron chi connectivity index (χ1n) is 10.1. The standard InChI is InChI=1S/C20H28N4O2S/c1-3-23(4-2)20(25)17-16(21)15-13-7-5-6-8-14(13)18(22-19(15)27-17)24-9-11-26-12-10-24/h3-12,21H2,1-2H3/p+1. The number of hydrogen-bond donors (Lipinski definition) is 1. The number of morpholine rings is 1. The van der Waals surface area contributed by atoms with Crippen LogP contribution in [0.4, 0.5) is 11.5 Å². The number of H-pyrrole nitrogens is 1. The largest absolute Gasteiger partial charge is 0.397 e. The van der Waals surface area contributed by atoms with Gasteiger partial charge in [-0.15, -0.1) is 0 Å². The van der Waals surface area contributed by atoms with Crippen LogP contribution in [0.1, 0.15) is 47.5 Å². The van der Waals surface area contributed by atoms with Crippen LogP contribution in [0.25, 0.3) is 10.2 Å². The van der Waals surface area contributed by atoms with E-state index in [1.54, 1.807) is 0 Å². The number of pyridine rings is 1. The number of nitrogens with two attached hydrogens (primary N) is 1. The molecule has 1 aliphatic heterocycles. The van der Waals surface area contributed by atoms with E-state index in [9.17, 15) is 4.79 Å². The average Bonchev–Trinajstić information content (AvgIpc) is 3.05. The SMILES string of the molecule is CCN(CC)C(=O)c1sc2[nH+]c(N3CCOCC3)c3c(c2c1N)CCCC3. The van der Waals surface area contributed by atoms with Gasteiger partial charge in [0.2, 0.25) is 0 Å². The van der Waals surface area contributed by atoms with Gasteiger partial charge in [-0.05, 0) is 45.1 Å². The van der Waals surface area contributed by atoms with Crippen molar-refractivity contribution in [3.8, 4) is 0 Å². The number of nitrogens with one attached hydrogen (secondary N) is 1. The Kier molecular flexibility index (Phi) is 5.23. The highest BCUT2D eigenvalue weighted by Gasteiger charge is 2.32. The maximum Gasteiger partial charge on any atom is 0.279 e. The topological polar surface area (TPSA) is 72.9 Å². The summed E-state index contributed by atoms with van der Waals surface area (Å²) in [6, 6.07) is 0. The third-order valence-corrected chi connectivity index (χ3v) is 6.91. The van der Waals surface area contributed by atoms with E-state index < -0.39 is 0 Å². The van der Waals surface area contributed by atoms with Crippen LogP contribution in [0.15, 0.2) is 0 Å². The number of amides is 1. The van der Waals surface area contributed by atoms with Crippen molar-refractivity contribution in [3.63, 3.8) is 0 Å². The number of anilines is 2. The molecule has 0 unspecified atom stereocenters. The molecule has 2 aromatic heterocycles. The zero-order chi connectivity index (χ0) is 19.0. The highest BCUT2D eigenvalue weighted by atomic mass is 32.1. The summed E-state index contributed by atoms with van der Waals surface area (Å²) in [5, 5.41) is 1.09. The molecule has 27 heavy (non-hydrogen) atoms. The smallest absolute Gasteiger partial charge is 0.279 e. The molecular weight excluding hydrogens is 360 g/mol. The number of aromatic nitrogens is 1. The lowest BCUT2D eigenvalue weighted by Crippen LogP contribution is -2.40. The van der Waals surface area contributed by atoms with Gasteiger partial charge in [-0.3, -0.25) is 9.69 Å². The Balaban J connectivity index is 1.87. The van der Waals surface area contributed by atoms with Gasteiger partial charge in [0.1, 0.15) is 18.0 Å². The Morgan fingerprint density at radius 3 is 2.52 bits per heavy atom. The monoisotopic (exact) mass is 389 g/mol. The molecule has 146 valence electrons. The Bertz CT molecular complexity index is 854. The fraction of sp³-hybridized carbons (Fsp3) is 0.600. The lowest BCUT2D eigenvalue weighted by Gasteiger charge is -2.26. The minimum absolute atomic E-state index is 0.0459. The molecule has 2 aliphatic rings. The molecule has 7 heteroatoms. The zero-order valence-corrected chi connectivity index (χ0v) is 17.1. The number of hydrogen-bond acceptors (Lipinski definition) is 5. The van der Waals surface area contributed by atoms with Crippen LogP contribution in [0.5, 0.6) is 0 Å². The third kappa shape index (κ3) is 3.17. The van der Waals surface area contributed by atoms with Crippen molar-refractivity contribution in [2.75, 3.05) is 50.0 Å². The van der Waals surface area contributed by atoms with E-state index in [0.717, 1.165) is 49.4 Å². The van der Waals surface area contributed by atoms with Crippen molar-refractivity contribution in [2.24, 2.45) is 0 Å². The summed E-state index contributed by atoms with van der Waals surface area (Å²) in [4.78, 5) is 22.6. The second kappa shape index (κ2) is 7.64. The van der Waals surface area contributed by atoms with Crippen molar-refractivity contribution >= 4 is 39.0 Å². The molecule has 0 atom stereocenters. The average molecular weight is 390 g/mol. The predicted octanol–water partition coefficient (Wildman–Crippen LogP) is 2.50. The van der Waals surface area contributed by atoms with Crippen LogP contribution < -0.4 is 15.6 Å². The van der Waals surface area contributed by atoms with Crippen LogP contribution in [0, 0.1) is 0 Å². The van der Waals surface area contributed by atoms with Crippen molar-refractivity contribution in [1.29, 1.82) is 0 Å². The molecule has 0 bridgehead atoms. The van der Waals surface area contributed by atoms with E-state index in [0.29, 0.717) is 23.7 Å². The molecule has 1 fully saturated rings. The van der Waals surface area contributed by atoms with Gasteiger partial charge in [0.25, 0.3) is 11.7 Å². The number of nitrogens with zero attached hydrogens (tertiary/aromatic N) is 2. The fourth-order valence-electron chi connectivity index (χ4n) is 4.33. The number of carbonyl (C=O) groups excluding carboxylic acids is 1. The molecule has 1 saturated heterocycles. The summed E-state index contributed by atoms with van der Waals surface area (Å²) in [5.41, 5.74) is 9.95. The van der Waals surface area contributed by atoms with E-state index in [-0.39, 0.29) is 5.91 Å². The summed E-state index contributed by atoms with van der Waals surface area (Å²) in [7, 11) is 0. The van der Waals surface area contributed by atoms with Gasteiger partial charge in [-0.25, -0.2) is 4.98 Å². The van der Waals surface area contributed by atoms with Gasteiger partial charge in [0.05, 0.1) is 24.3 Å². The first-order chi connectivity index (χ1) is 13.2. The molecule has 4 rings (SSSR count). The summed E-state index contributed by atoms with van der Waals surface area (Å²) < 4.78 is 5.54. The molecule has 0 aromatic carbocycles. The first-order valence-corrected chi connectivity index (χ1v) is 10.9. The van der Waals surface area contributed by atoms with Gasteiger partial charge >= 0.3 is 0 Å². The van der Waals surface area contributed by atoms with Gasteiger partial charge in [-0.1, -0.05) is 11.3 Å². The molecule has 1 aliphatic carbocycles. The lowest BCUT2D eigenvalue weighted by molar-refractivity contribution is -0.328. The number of aromatic amines is 1. The lowest BCUT2D eigenvalue weighted by atomic mass is 9.89. The van der Waals surface area contributed by atoms with Crippen molar-refractivity contribution < 1.29 is 14.5 Å². The summed E-state index contributed by atoms with van der Waals surface area (Å²) in [5.74, 6) is 1.26. The predicted molar refractivity (Wildman–Crippen MR) is 110 cm³/mol. The molecule has 3 N–H and O–H groups in total. The van der Waals surface area contributed by atoms with Crippen LogP contribution in [-0.4, -0.2) is 50.2 Å². The van der Waals surface area contributed by atoms with Crippen molar-refractivity contribution in [2.45, 2.75) is 39.5 Å². The summed E-state index contributed by atoms with van der Waals surface area (Å²) >= 11 is 1.51. The minimum Gasteiger partial charge on any atom is -0.397 e. The maximum absolute atomic E-state index is 13.0. The van der Waals surface area contributed by atoms with Gasteiger partial charge in [0, 0.05) is 18.7 Å². The molecule has 2 aromatic rings. The molecule has 0 saturated carbocycles. The number of ether oxygens (including phenoxy) is 1. The van der Waals surface area contributed by atoms with E-state index in [4.69, 9.17) is 10.5 Å². The number of fused-ring (bicyclic) bond motifs is 3. The summed E-state index contributed by atoms with van der Waals surface area (Å²) in [6.07, 6.45) is 4.50. The first kappa shape index (κ1) is 18.5. The van der Waals surface area contributed by atoms with E-state index >= 15 is 0 Å². The fourth-order valence-corrected chi connectivity index (χ4v) is 5.44. The van der Waals surface area contributed by atoms with Crippen LogP contribution in [-0.2, 0) is 17.6 Å². The molecule has 6 nitrogen and oxygen atoms in total. The number of rotatable bonds is 4. The van der Waals surface area contributed by atoms with E-state index in [1.165, 1.54) is 41.1 Å². The zero-order valence-electron chi connectivity index (χ0n) is 16.3. The van der Waals surface area contributed by atoms with Gasteiger partial charge in [-0.2, -0.15) is 0 Å². The van der Waals surface area contributed by atoms with Crippen molar-refractivity contribution in [3.05, 3.63) is 16.0 Å². The number of thiophene rings is 1. The number of aryl methyl sites for hydroxylation is 1. The maximum atomic E-state index is 13.0. The molecular formula is C20H29N4O2S+. The number of carbonyl (C=O) groups is 1. The second-order valence-electron chi connectivity index (χ2n) is 7.26. The second-order valence-corrected chi connectivity index (χ2v) is 8.28. The highest BCUT2D eigenvalue weighted by molar-refractivity contribution is 7.20. The normalized spacial score (nSPS) is 17.2. The third-order valence-electron chi connectivity index (χ3n) is 5.80. The number of nitrogen functional groups attached to an aromatic ring is 1. The van der Waals surface area contributed by atoms with E-state index in [2.05, 4.69) is 9.88 Å². The molecule has 1 amide bonds. The highest BCUT2D eigenvalue weighted by Crippen LogP contribution is 2.40. The van der Waals surface area contributed by atoms with E-state index in [1.807, 2.05) is 18.7 Å². The van der Waals surface area contributed by atoms with Crippen LogP contribution >= 0.6 is 11.3 Å². The van der Waals surface area contributed by atoms with Gasteiger partial charge < -0.3 is 15.4 Å². The molecule has 3 heterocycles. The minimum atomic E-state index is 0.0459. The Labute approximate surface area is 164 Å². The van der Waals surface area contributed by atoms with Crippen molar-refractivity contribution in [1.82, 2.24) is 4.90 Å². The quantitative estimate of drug-likeness (QED) is 0.872. The molecule has 0 radical (unpaired) electrons. The van der Waals surface area contributed by atoms with Crippen LogP contribution in [0.2, 0.25) is 0 Å². The van der Waals surface area contributed by atoms with Crippen LogP contribution in [0.3, 0.4) is 0 Å². The molecule has 0 spiro atoms. The Morgan fingerprint density at radius 2 is 1.85 bits per heavy atom. The Hall–Kier alpha value is -1.86.